The normalized spacial score (nSPS) is 11.7. The number of nitrogens with zero attached hydrogens (tertiary/aromatic N) is 2. The molecule has 0 radical (unpaired) electrons. The molecule has 0 saturated heterocycles. The minimum atomic E-state index is -1.08. The molecule has 0 aliphatic rings. The highest BCUT2D eigenvalue weighted by atomic mass is 19.1. The van der Waals surface area contributed by atoms with Crippen molar-refractivity contribution < 1.29 is 27.8 Å². The van der Waals surface area contributed by atoms with Gasteiger partial charge in [0.25, 0.3) is 0 Å². The van der Waals surface area contributed by atoms with Crippen molar-refractivity contribution in [3.8, 4) is 11.5 Å². The molecule has 2 N–H and O–H groups in total. The zero-order valence-electron chi connectivity index (χ0n) is 16.7. The number of carbonyl (C=O) groups is 2. The topological polar surface area (TPSA) is 101 Å². The number of benzene rings is 2. The van der Waals surface area contributed by atoms with E-state index in [1.54, 1.807) is 12.1 Å². The highest BCUT2D eigenvalue weighted by Crippen LogP contribution is 2.19. The van der Waals surface area contributed by atoms with Gasteiger partial charge in [-0.3, -0.25) is 9.59 Å². The number of methoxy groups -OCH3 is 2. The van der Waals surface area contributed by atoms with Crippen LogP contribution in [0.15, 0.2) is 46.6 Å². The zero-order valence-corrected chi connectivity index (χ0v) is 16.7. The van der Waals surface area contributed by atoms with Crippen molar-refractivity contribution in [2.24, 2.45) is 10.2 Å². The maximum absolute atomic E-state index is 13.7. The zero-order chi connectivity index (χ0) is 22.3. The highest BCUT2D eigenvalue weighted by Gasteiger charge is 2.13. The number of carbonyl (C=O) groups excluding carboxylic acids is 2. The molecule has 0 heterocycles. The first-order valence-corrected chi connectivity index (χ1v) is 8.63. The molecular weight excluding hydrogens is 398 g/mol. The van der Waals surface area contributed by atoms with Crippen molar-refractivity contribution in [1.29, 1.82) is 0 Å². The lowest BCUT2D eigenvalue weighted by atomic mass is 10.1. The fourth-order valence-corrected chi connectivity index (χ4v) is 2.28. The molecule has 0 aliphatic carbocycles. The molecule has 2 aromatic carbocycles. The monoisotopic (exact) mass is 418 g/mol. The van der Waals surface area contributed by atoms with Gasteiger partial charge in [-0.2, -0.15) is 10.2 Å². The second-order valence-electron chi connectivity index (χ2n) is 5.97. The van der Waals surface area contributed by atoms with Gasteiger partial charge in [-0.05, 0) is 50.2 Å². The van der Waals surface area contributed by atoms with Crippen LogP contribution in [-0.4, -0.2) is 37.5 Å². The predicted octanol–water partition coefficient (Wildman–Crippen LogP) is 2.36. The Bertz CT molecular complexity index is 940. The Morgan fingerprint density at radius 3 is 1.43 bits per heavy atom. The van der Waals surface area contributed by atoms with E-state index >= 15 is 0 Å². The average molecular weight is 418 g/mol. The molecule has 0 aliphatic heterocycles. The molecule has 0 aromatic heterocycles. The van der Waals surface area contributed by atoms with Crippen LogP contribution < -0.4 is 20.3 Å². The van der Waals surface area contributed by atoms with Crippen LogP contribution in [0.4, 0.5) is 8.78 Å². The number of ether oxygens (including phenoxy) is 2. The fraction of sp³-hybridized carbons (Fsp3) is 0.200. The summed E-state index contributed by atoms with van der Waals surface area (Å²) in [6.07, 6.45) is 0. The first-order chi connectivity index (χ1) is 14.3. The lowest BCUT2D eigenvalue weighted by molar-refractivity contribution is -0.139. The van der Waals surface area contributed by atoms with Gasteiger partial charge in [0, 0.05) is 11.1 Å². The van der Waals surface area contributed by atoms with Gasteiger partial charge in [0.15, 0.2) is 23.1 Å². The molecule has 0 saturated carbocycles. The van der Waals surface area contributed by atoms with E-state index in [9.17, 15) is 18.4 Å². The Balaban J connectivity index is 1.99. The maximum atomic E-state index is 13.7. The van der Waals surface area contributed by atoms with Crippen LogP contribution >= 0.6 is 0 Å². The van der Waals surface area contributed by atoms with Crippen molar-refractivity contribution >= 4 is 23.2 Å². The van der Waals surface area contributed by atoms with E-state index in [0.29, 0.717) is 11.1 Å². The SMILES string of the molecule is COc1ccc(/C(C)=N\NC(=O)C(=O)N/N=C(/C)c2ccc(OC)c(F)c2)cc1F. The minimum Gasteiger partial charge on any atom is -0.494 e. The summed E-state index contributed by atoms with van der Waals surface area (Å²) in [6.45, 7) is 3.06. The summed E-state index contributed by atoms with van der Waals surface area (Å²) < 4.78 is 37.1. The fourth-order valence-electron chi connectivity index (χ4n) is 2.28. The number of rotatable bonds is 6. The quantitative estimate of drug-likeness (QED) is 0.427. The van der Waals surface area contributed by atoms with Gasteiger partial charge >= 0.3 is 11.8 Å². The molecule has 0 fully saturated rings. The minimum absolute atomic E-state index is 0.0694. The van der Waals surface area contributed by atoms with Crippen molar-refractivity contribution in [1.82, 2.24) is 10.9 Å². The van der Waals surface area contributed by atoms with Crippen LogP contribution in [0, 0.1) is 11.6 Å². The first kappa shape index (κ1) is 22.5. The van der Waals surface area contributed by atoms with E-state index in [4.69, 9.17) is 9.47 Å². The van der Waals surface area contributed by atoms with Gasteiger partial charge in [-0.1, -0.05) is 0 Å². The van der Waals surface area contributed by atoms with Crippen LogP contribution in [-0.2, 0) is 9.59 Å². The summed E-state index contributed by atoms with van der Waals surface area (Å²) in [5, 5.41) is 7.53. The first-order valence-electron chi connectivity index (χ1n) is 8.63. The van der Waals surface area contributed by atoms with E-state index in [-0.39, 0.29) is 22.9 Å². The molecule has 2 amide bonds. The molecule has 8 nitrogen and oxygen atoms in total. The van der Waals surface area contributed by atoms with E-state index in [1.807, 2.05) is 0 Å². The maximum Gasteiger partial charge on any atom is 0.331 e. The van der Waals surface area contributed by atoms with E-state index < -0.39 is 23.4 Å². The molecular formula is C20H20F2N4O4. The largest absolute Gasteiger partial charge is 0.494 e. The number of halogens is 2. The molecule has 2 aromatic rings. The molecule has 10 heteroatoms. The summed E-state index contributed by atoms with van der Waals surface area (Å²) in [5.41, 5.74) is 5.43. The van der Waals surface area contributed by atoms with Gasteiger partial charge in [0.05, 0.1) is 25.6 Å². The van der Waals surface area contributed by atoms with Gasteiger partial charge in [0.1, 0.15) is 0 Å². The number of hydrazone groups is 2. The summed E-state index contributed by atoms with van der Waals surface area (Å²) in [5.74, 6) is -3.21. The van der Waals surface area contributed by atoms with Crippen molar-refractivity contribution in [2.45, 2.75) is 13.8 Å². The predicted molar refractivity (Wildman–Crippen MR) is 107 cm³/mol. The second-order valence-corrected chi connectivity index (χ2v) is 5.97. The molecule has 158 valence electrons. The number of nitrogens with one attached hydrogen (secondary N) is 2. The standard InChI is InChI=1S/C20H20F2N4O4/c1-11(13-5-7-17(29-3)15(21)9-13)23-25-19(27)20(28)26-24-12(2)14-6-8-18(30-4)16(22)10-14/h5-10H,1-4H3,(H,25,27)(H,26,28)/b23-11-,24-12-. The van der Waals surface area contributed by atoms with Crippen LogP contribution in [0.3, 0.4) is 0 Å². The van der Waals surface area contributed by atoms with E-state index in [2.05, 4.69) is 21.1 Å². The number of hydrogen-bond acceptors (Lipinski definition) is 6. The average Bonchev–Trinajstić information content (AvgIpc) is 2.74. The molecule has 0 spiro atoms. The summed E-state index contributed by atoms with van der Waals surface area (Å²) in [4.78, 5) is 23.7. The van der Waals surface area contributed by atoms with Crippen molar-refractivity contribution in [3.05, 3.63) is 59.2 Å². The molecule has 0 atom stereocenters. The molecule has 30 heavy (non-hydrogen) atoms. The highest BCUT2D eigenvalue weighted by molar-refractivity contribution is 6.35. The lowest BCUT2D eigenvalue weighted by Gasteiger charge is -2.06. The van der Waals surface area contributed by atoms with Crippen molar-refractivity contribution in [2.75, 3.05) is 14.2 Å². The summed E-state index contributed by atoms with van der Waals surface area (Å²) in [7, 11) is 2.68. The van der Waals surface area contributed by atoms with Gasteiger partial charge in [-0.15, -0.1) is 0 Å². The summed E-state index contributed by atoms with van der Waals surface area (Å²) >= 11 is 0. The smallest absolute Gasteiger partial charge is 0.331 e. The Labute approximate surface area is 171 Å². The Kier molecular flexibility index (Phi) is 7.56. The van der Waals surface area contributed by atoms with Crippen LogP contribution in [0.25, 0.3) is 0 Å². The van der Waals surface area contributed by atoms with Crippen molar-refractivity contribution in [3.63, 3.8) is 0 Å². The molecule has 0 unspecified atom stereocenters. The van der Waals surface area contributed by atoms with E-state index in [0.717, 1.165) is 0 Å². The Morgan fingerprint density at radius 1 is 0.767 bits per heavy atom. The van der Waals surface area contributed by atoms with Crippen LogP contribution in [0.2, 0.25) is 0 Å². The Morgan fingerprint density at radius 2 is 1.13 bits per heavy atom. The van der Waals surface area contributed by atoms with Crippen LogP contribution in [0.5, 0.6) is 11.5 Å². The third-order valence-electron chi connectivity index (χ3n) is 4.00. The second kappa shape index (κ2) is 10.1. The van der Waals surface area contributed by atoms with Gasteiger partial charge in [-0.25, -0.2) is 19.6 Å². The Hall–Kier alpha value is -3.82. The molecule has 2 rings (SSSR count). The van der Waals surface area contributed by atoms with E-state index in [1.165, 1.54) is 52.3 Å². The summed E-state index contributed by atoms with van der Waals surface area (Å²) in [6, 6.07) is 8.30. The molecule has 0 bridgehead atoms. The lowest BCUT2D eigenvalue weighted by Crippen LogP contribution is -2.36. The van der Waals surface area contributed by atoms with Gasteiger partial charge < -0.3 is 9.47 Å². The van der Waals surface area contributed by atoms with Crippen LogP contribution in [0.1, 0.15) is 25.0 Å². The third kappa shape index (κ3) is 5.60. The number of amides is 2. The number of hydrogen-bond donors (Lipinski definition) is 2. The third-order valence-corrected chi connectivity index (χ3v) is 4.00. The van der Waals surface area contributed by atoms with Gasteiger partial charge in [0.2, 0.25) is 0 Å².